The number of furan rings is 2. The first-order valence-electron chi connectivity index (χ1n) is 20.5. The van der Waals surface area contributed by atoms with Crippen molar-refractivity contribution >= 4 is 92.5 Å². The van der Waals surface area contributed by atoms with E-state index in [1.807, 2.05) is 18.2 Å². The summed E-state index contributed by atoms with van der Waals surface area (Å²) in [7, 11) is 0. The highest BCUT2D eigenvalue weighted by atomic mass is 16.3. The average molecular weight is 781 g/mol. The molecule has 0 atom stereocenters. The highest BCUT2D eigenvalue weighted by Gasteiger charge is 2.25. The largest absolute Gasteiger partial charge is 0.455 e. The van der Waals surface area contributed by atoms with E-state index in [-0.39, 0.29) is 0 Å². The molecule has 0 unspecified atom stereocenters. The van der Waals surface area contributed by atoms with Crippen LogP contribution in [0.15, 0.2) is 191 Å². The van der Waals surface area contributed by atoms with Gasteiger partial charge in [-0.15, -0.1) is 0 Å². The van der Waals surface area contributed by atoms with E-state index in [0.717, 1.165) is 105 Å². The van der Waals surface area contributed by atoms with Gasteiger partial charge in [0.15, 0.2) is 17.5 Å². The first kappa shape index (κ1) is 33.7. The van der Waals surface area contributed by atoms with Crippen molar-refractivity contribution in [3.8, 4) is 34.3 Å². The van der Waals surface area contributed by atoms with E-state index >= 15 is 0 Å². The monoisotopic (exact) mass is 780 g/mol. The third-order valence-corrected chi connectivity index (χ3v) is 12.1. The number of hydrogen-bond acceptors (Lipinski definition) is 6. The number of hydrogen-bond donors (Lipinski definition) is 0. The van der Waals surface area contributed by atoms with Crippen LogP contribution in [-0.2, 0) is 0 Å². The van der Waals surface area contributed by atoms with Crippen molar-refractivity contribution in [1.29, 1.82) is 0 Å². The molecular weight excluding hydrogens is 749 g/mol. The number of rotatable bonds is 4. The van der Waals surface area contributed by atoms with E-state index < -0.39 is 0 Å². The topological polar surface area (TPSA) is 77.8 Å². The van der Waals surface area contributed by atoms with Crippen LogP contribution in [-0.4, -0.2) is 19.9 Å². The molecule has 4 heterocycles. The molecule has 0 saturated heterocycles. The Bertz CT molecular complexity index is 3710. The molecule has 12 aromatic rings. The quantitative estimate of drug-likeness (QED) is 0.177. The van der Waals surface area contributed by atoms with Gasteiger partial charge in [0.25, 0.3) is 0 Å². The van der Waals surface area contributed by atoms with Crippen molar-refractivity contribution in [2.24, 2.45) is 0 Å². The van der Waals surface area contributed by atoms with Gasteiger partial charge in [0.1, 0.15) is 28.0 Å². The van der Waals surface area contributed by atoms with Gasteiger partial charge in [0, 0.05) is 21.5 Å². The minimum Gasteiger partial charge on any atom is -0.455 e. The van der Waals surface area contributed by atoms with E-state index in [1.54, 1.807) is 0 Å². The summed E-state index contributed by atoms with van der Waals surface area (Å²) in [5.41, 5.74) is 7.05. The highest BCUT2D eigenvalue weighted by Crippen LogP contribution is 2.45. The lowest BCUT2D eigenvalue weighted by atomic mass is 9.96. The van der Waals surface area contributed by atoms with Gasteiger partial charge in [-0.05, 0) is 91.5 Å². The molecule has 284 valence electrons. The Morgan fingerprint density at radius 1 is 0.393 bits per heavy atom. The van der Waals surface area contributed by atoms with Gasteiger partial charge in [-0.25, -0.2) is 19.9 Å². The zero-order chi connectivity index (χ0) is 40.0. The van der Waals surface area contributed by atoms with E-state index in [2.05, 4.69) is 164 Å². The molecule has 13 rings (SSSR count). The normalized spacial score (nSPS) is 13.1. The fourth-order valence-electron chi connectivity index (χ4n) is 9.31. The second-order valence-corrected chi connectivity index (χ2v) is 15.6. The summed E-state index contributed by atoms with van der Waals surface area (Å²) in [4.78, 5) is 21.2. The number of fused-ring (bicyclic) bond motifs is 14. The molecule has 0 bridgehead atoms. The van der Waals surface area contributed by atoms with Crippen LogP contribution in [0.4, 0.5) is 0 Å². The molecule has 0 aliphatic heterocycles. The van der Waals surface area contributed by atoms with E-state index in [4.69, 9.17) is 28.8 Å². The van der Waals surface area contributed by atoms with Gasteiger partial charge in [0.2, 0.25) is 0 Å². The number of nitrogens with zero attached hydrogens (tertiary/aromatic N) is 4. The Kier molecular flexibility index (Phi) is 7.27. The van der Waals surface area contributed by atoms with Crippen LogP contribution < -0.4 is 0 Å². The average Bonchev–Trinajstić information content (AvgIpc) is 3.80. The Labute approximate surface area is 348 Å². The predicted octanol–water partition coefficient (Wildman–Crippen LogP) is 14.6. The zero-order valence-electron chi connectivity index (χ0n) is 32.6. The minimum absolute atomic E-state index is 0.446. The van der Waals surface area contributed by atoms with E-state index in [9.17, 15) is 0 Å². The number of pyridine rings is 1. The van der Waals surface area contributed by atoms with Crippen molar-refractivity contribution in [3.63, 3.8) is 0 Å². The summed E-state index contributed by atoms with van der Waals surface area (Å²) >= 11 is 0. The third-order valence-electron chi connectivity index (χ3n) is 12.1. The zero-order valence-corrected chi connectivity index (χ0v) is 32.6. The van der Waals surface area contributed by atoms with Crippen molar-refractivity contribution in [2.75, 3.05) is 0 Å². The molecule has 61 heavy (non-hydrogen) atoms. The Morgan fingerprint density at radius 2 is 0.885 bits per heavy atom. The molecule has 0 N–H and O–H groups in total. The fourth-order valence-corrected chi connectivity index (χ4v) is 9.31. The third kappa shape index (κ3) is 5.22. The summed E-state index contributed by atoms with van der Waals surface area (Å²) in [6, 6.07) is 52.6. The molecule has 8 aromatic carbocycles. The first-order valence-corrected chi connectivity index (χ1v) is 20.5. The molecule has 6 heteroatoms. The lowest BCUT2D eigenvalue weighted by Gasteiger charge is -2.12. The smallest absolute Gasteiger partial charge is 0.182 e. The Balaban J connectivity index is 1.14. The molecule has 0 spiro atoms. The van der Waals surface area contributed by atoms with Crippen LogP contribution in [0.25, 0.3) is 127 Å². The molecule has 4 aromatic heterocycles. The maximum absolute atomic E-state index is 6.91. The number of benzene rings is 8. The van der Waals surface area contributed by atoms with Crippen LogP contribution in [0.5, 0.6) is 0 Å². The van der Waals surface area contributed by atoms with E-state index in [1.165, 1.54) is 0 Å². The minimum atomic E-state index is 0.446. The SMILES string of the molecule is C1=CCC=CC(c2cccc(-c3nc(-c4cc5ccccc5c5c4oc4ccc6ccccc6c45)nc(-c4cc5ccccc5c5c4oc4ccc6ccccc6c45)n3)n2)=C1. The Morgan fingerprint density at radius 3 is 1.46 bits per heavy atom. The van der Waals surface area contributed by atoms with Gasteiger partial charge in [-0.2, -0.15) is 0 Å². The molecule has 0 amide bonds. The van der Waals surface area contributed by atoms with Gasteiger partial charge >= 0.3 is 0 Å². The lowest BCUT2D eigenvalue weighted by Crippen LogP contribution is -2.02. The maximum atomic E-state index is 6.91. The van der Waals surface area contributed by atoms with Crippen LogP contribution in [0.1, 0.15) is 12.1 Å². The van der Waals surface area contributed by atoms with Crippen LogP contribution in [0, 0.1) is 0 Å². The first-order chi connectivity index (χ1) is 30.2. The van der Waals surface area contributed by atoms with Gasteiger partial charge < -0.3 is 8.83 Å². The van der Waals surface area contributed by atoms with Gasteiger partial charge in [0.05, 0.1) is 16.8 Å². The fraction of sp³-hybridized carbons (Fsp3) is 0.0182. The van der Waals surface area contributed by atoms with Crippen LogP contribution in [0.3, 0.4) is 0 Å². The molecule has 0 fully saturated rings. The van der Waals surface area contributed by atoms with Crippen molar-refractivity contribution in [2.45, 2.75) is 6.42 Å². The summed E-state index contributed by atoms with van der Waals surface area (Å²) < 4.78 is 13.8. The number of aromatic nitrogens is 4. The summed E-state index contributed by atoms with van der Waals surface area (Å²) in [6.45, 7) is 0. The Hall–Kier alpha value is -8.22. The van der Waals surface area contributed by atoms with Crippen molar-refractivity contribution < 1.29 is 8.83 Å². The van der Waals surface area contributed by atoms with E-state index in [0.29, 0.717) is 34.3 Å². The van der Waals surface area contributed by atoms with Crippen LogP contribution >= 0.6 is 0 Å². The molecular formula is C55H32N4O2. The summed E-state index contributed by atoms with van der Waals surface area (Å²) in [5.74, 6) is 1.40. The summed E-state index contributed by atoms with van der Waals surface area (Å²) in [6.07, 6.45) is 11.4. The second-order valence-electron chi connectivity index (χ2n) is 15.6. The molecule has 6 nitrogen and oxygen atoms in total. The van der Waals surface area contributed by atoms with Crippen molar-refractivity contribution in [1.82, 2.24) is 19.9 Å². The molecule has 1 aliphatic carbocycles. The van der Waals surface area contributed by atoms with Crippen LogP contribution in [0.2, 0.25) is 0 Å². The van der Waals surface area contributed by atoms with Crippen molar-refractivity contribution in [3.05, 3.63) is 188 Å². The van der Waals surface area contributed by atoms with Gasteiger partial charge in [-0.3, -0.25) is 0 Å². The maximum Gasteiger partial charge on any atom is 0.182 e. The van der Waals surface area contributed by atoms with Gasteiger partial charge in [-0.1, -0.05) is 146 Å². The number of allylic oxidation sites excluding steroid dienone is 6. The highest BCUT2D eigenvalue weighted by molar-refractivity contribution is 6.30. The molecule has 1 aliphatic rings. The molecule has 0 saturated carbocycles. The second kappa shape index (κ2) is 13.1. The molecule has 0 radical (unpaired) electrons. The lowest BCUT2D eigenvalue weighted by molar-refractivity contribution is 0.670. The standard InChI is InChI=1S/C55H32N4O2/c1-2-4-17-34(16-3-1)43-24-13-25-44(56-43)55-58-53(41-30-35-18-7-11-22-39(35)49-47-37-20-9-5-14-32(37)26-28-45(47)60-51(41)49)57-54(59-55)42-31-36-19-8-12-23-40(36)50-48-38-21-10-6-15-33(38)27-29-46(48)61-52(42)50/h1,3-31H,2H2. The summed E-state index contributed by atoms with van der Waals surface area (Å²) in [5, 5.41) is 13.1. The predicted molar refractivity (Wildman–Crippen MR) is 249 cm³/mol.